The second-order valence-corrected chi connectivity index (χ2v) is 10.4. The molecule has 8 heteroatoms. The monoisotopic (exact) mass is 534 g/mol. The maximum absolute atomic E-state index is 14.0. The Morgan fingerprint density at radius 2 is 1.67 bits per heavy atom. The molecule has 1 atom stereocenters. The number of rotatable bonds is 5. The summed E-state index contributed by atoms with van der Waals surface area (Å²) in [6, 6.07) is 20.9. The molecule has 0 saturated carbocycles. The first-order valence-electron chi connectivity index (χ1n) is 11.1. The van der Waals surface area contributed by atoms with Crippen molar-refractivity contribution in [2.45, 2.75) is 19.9 Å². The number of nitrogens with zero attached hydrogens (tertiary/aromatic N) is 2. The van der Waals surface area contributed by atoms with E-state index in [2.05, 4.69) is 4.98 Å². The number of aliphatic hydroxyl groups excluding tert-OH is 1. The molecule has 3 aromatic carbocycles. The molecule has 180 valence electrons. The summed E-state index contributed by atoms with van der Waals surface area (Å²) in [7, 11) is 0. The standard InChI is InChI=1S/C28H20Cl2N2O3S/c1-15-7-6-10-18(11-15)23-22(25(34)28(35)32(23)21-13-19(29)12-20(30)14-21)24(33)26-16(2)31-27(36-26)17-8-4-3-5-9-17/h3-14,23,34H,1-2H3. The molecule has 1 aliphatic heterocycles. The fourth-order valence-electron chi connectivity index (χ4n) is 4.37. The minimum absolute atomic E-state index is 0.00643. The van der Waals surface area contributed by atoms with E-state index in [1.165, 1.54) is 16.2 Å². The van der Waals surface area contributed by atoms with E-state index in [1.54, 1.807) is 25.1 Å². The molecular weight excluding hydrogens is 515 g/mol. The molecule has 5 rings (SSSR count). The Morgan fingerprint density at radius 3 is 2.33 bits per heavy atom. The van der Waals surface area contributed by atoms with Gasteiger partial charge in [0.25, 0.3) is 5.91 Å². The van der Waals surface area contributed by atoms with Crippen molar-refractivity contribution in [1.29, 1.82) is 0 Å². The highest BCUT2D eigenvalue weighted by molar-refractivity contribution is 7.17. The van der Waals surface area contributed by atoms with Crippen LogP contribution in [0.1, 0.15) is 32.5 Å². The highest BCUT2D eigenvalue weighted by Crippen LogP contribution is 2.44. The average Bonchev–Trinajstić information content (AvgIpc) is 3.36. The summed E-state index contributed by atoms with van der Waals surface area (Å²) in [6.07, 6.45) is 0. The zero-order valence-electron chi connectivity index (χ0n) is 19.3. The largest absolute Gasteiger partial charge is 0.503 e. The first-order valence-corrected chi connectivity index (χ1v) is 12.7. The molecule has 1 amide bonds. The van der Waals surface area contributed by atoms with Crippen molar-refractivity contribution in [1.82, 2.24) is 4.98 Å². The van der Waals surface area contributed by atoms with Gasteiger partial charge in [0.15, 0.2) is 5.76 Å². The number of thiazole rings is 1. The van der Waals surface area contributed by atoms with Gasteiger partial charge in [-0.25, -0.2) is 4.98 Å². The number of hydrogen-bond acceptors (Lipinski definition) is 5. The summed E-state index contributed by atoms with van der Waals surface area (Å²) in [5, 5.41) is 12.4. The molecule has 1 N–H and O–H groups in total. The number of Topliss-reactive ketones (excluding diaryl/α,β-unsaturated/α-hetero) is 1. The molecule has 1 unspecified atom stereocenters. The van der Waals surface area contributed by atoms with Gasteiger partial charge in [0.05, 0.1) is 22.2 Å². The van der Waals surface area contributed by atoms with Crippen molar-refractivity contribution in [3.05, 3.63) is 116 Å². The van der Waals surface area contributed by atoms with Gasteiger partial charge in [-0.15, -0.1) is 11.3 Å². The quantitative estimate of drug-likeness (QED) is 0.269. The molecule has 1 aromatic heterocycles. The fraction of sp³-hybridized carbons (Fsp3) is 0.107. The Bertz CT molecular complexity index is 1530. The van der Waals surface area contributed by atoms with Gasteiger partial charge in [-0.3, -0.25) is 14.5 Å². The van der Waals surface area contributed by atoms with E-state index in [4.69, 9.17) is 23.2 Å². The lowest BCUT2D eigenvalue weighted by Gasteiger charge is -2.27. The van der Waals surface area contributed by atoms with Crippen LogP contribution < -0.4 is 4.90 Å². The zero-order chi connectivity index (χ0) is 25.6. The number of carbonyl (C=O) groups excluding carboxylic acids is 2. The molecule has 0 aliphatic carbocycles. The number of carbonyl (C=O) groups is 2. The molecule has 4 aromatic rings. The number of anilines is 1. The fourth-order valence-corrected chi connectivity index (χ4v) is 5.91. The Hall–Kier alpha value is -3.45. The summed E-state index contributed by atoms with van der Waals surface area (Å²) < 4.78 is 0. The van der Waals surface area contributed by atoms with Crippen LogP contribution in [0.3, 0.4) is 0 Å². The molecule has 0 saturated heterocycles. The first kappa shape index (κ1) is 24.3. The van der Waals surface area contributed by atoms with E-state index >= 15 is 0 Å². The molecular formula is C28H20Cl2N2O3S. The van der Waals surface area contributed by atoms with Gasteiger partial charge in [-0.1, -0.05) is 83.4 Å². The van der Waals surface area contributed by atoms with Gasteiger partial charge in [0.2, 0.25) is 5.78 Å². The number of aromatic nitrogens is 1. The molecule has 0 fully saturated rings. The van der Waals surface area contributed by atoms with Crippen LogP contribution in [0.5, 0.6) is 0 Å². The minimum atomic E-state index is -0.874. The Morgan fingerprint density at radius 1 is 0.972 bits per heavy atom. The van der Waals surface area contributed by atoms with E-state index in [0.29, 0.717) is 36.9 Å². The zero-order valence-corrected chi connectivity index (χ0v) is 21.7. The summed E-state index contributed by atoms with van der Waals surface area (Å²) >= 11 is 13.7. The number of benzene rings is 3. The van der Waals surface area contributed by atoms with Crippen LogP contribution in [0.4, 0.5) is 5.69 Å². The molecule has 1 aliphatic rings. The smallest absolute Gasteiger partial charge is 0.294 e. The van der Waals surface area contributed by atoms with Gasteiger partial charge in [0.1, 0.15) is 5.01 Å². The van der Waals surface area contributed by atoms with E-state index in [0.717, 1.165) is 11.1 Å². The lowest BCUT2D eigenvalue weighted by molar-refractivity contribution is -0.117. The number of aliphatic hydroxyl groups is 1. The minimum Gasteiger partial charge on any atom is -0.503 e. The Balaban J connectivity index is 1.66. The van der Waals surface area contributed by atoms with E-state index in [9.17, 15) is 14.7 Å². The van der Waals surface area contributed by atoms with Gasteiger partial charge in [0, 0.05) is 21.3 Å². The third kappa shape index (κ3) is 4.32. The molecule has 0 bridgehead atoms. The topological polar surface area (TPSA) is 70.5 Å². The van der Waals surface area contributed by atoms with Gasteiger partial charge < -0.3 is 5.11 Å². The maximum Gasteiger partial charge on any atom is 0.294 e. The van der Waals surface area contributed by atoms with E-state index in [-0.39, 0.29) is 5.57 Å². The Kier molecular flexibility index (Phi) is 6.43. The van der Waals surface area contributed by atoms with Crippen molar-refractivity contribution in [3.8, 4) is 10.6 Å². The van der Waals surface area contributed by atoms with Crippen LogP contribution in [0, 0.1) is 13.8 Å². The maximum atomic E-state index is 14.0. The predicted octanol–water partition coefficient (Wildman–Crippen LogP) is 7.52. The number of amides is 1. The van der Waals surface area contributed by atoms with Crippen LogP contribution in [0.2, 0.25) is 10.0 Å². The normalized spacial score (nSPS) is 15.6. The van der Waals surface area contributed by atoms with Crippen LogP contribution in [-0.4, -0.2) is 21.8 Å². The summed E-state index contributed by atoms with van der Waals surface area (Å²) in [5.74, 6) is -1.74. The average molecular weight is 535 g/mol. The van der Waals surface area contributed by atoms with Crippen molar-refractivity contribution in [3.63, 3.8) is 0 Å². The van der Waals surface area contributed by atoms with Gasteiger partial charge in [-0.05, 0) is 37.6 Å². The highest BCUT2D eigenvalue weighted by atomic mass is 35.5. The number of halogens is 2. The van der Waals surface area contributed by atoms with Crippen molar-refractivity contribution in [2.24, 2.45) is 0 Å². The summed E-state index contributed by atoms with van der Waals surface area (Å²) in [6.45, 7) is 3.67. The highest BCUT2D eigenvalue weighted by Gasteiger charge is 2.45. The van der Waals surface area contributed by atoms with Crippen molar-refractivity contribution >= 4 is 51.9 Å². The molecule has 36 heavy (non-hydrogen) atoms. The second-order valence-electron chi connectivity index (χ2n) is 8.51. The first-order chi connectivity index (χ1) is 17.2. The van der Waals surface area contributed by atoms with Crippen LogP contribution in [0.15, 0.2) is 84.1 Å². The van der Waals surface area contributed by atoms with Crippen molar-refractivity contribution < 1.29 is 14.7 Å². The molecule has 0 spiro atoms. The Labute approximate surface area is 222 Å². The number of hydrogen-bond donors (Lipinski definition) is 1. The second kappa shape index (κ2) is 9.54. The third-order valence-electron chi connectivity index (χ3n) is 5.96. The summed E-state index contributed by atoms with van der Waals surface area (Å²) in [4.78, 5) is 33.7. The van der Waals surface area contributed by atoms with Crippen LogP contribution in [0.25, 0.3) is 10.6 Å². The number of aryl methyl sites for hydroxylation is 2. The van der Waals surface area contributed by atoms with E-state index < -0.39 is 23.5 Å². The lowest BCUT2D eigenvalue weighted by Crippen LogP contribution is -2.31. The van der Waals surface area contributed by atoms with Gasteiger partial charge >= 0.3 is 0 Å². The SMILES string of the molecule is Cc1cccc(C2C(C(=O)c3sc(-c4ccccc4)nc3C)=C(O)C(=O)N2c2cc(Cl)cc(Cl)c2)c1. The van der Waals surface area contributed by atoms with Gasteiger partial charge in [-0.2, -0.15) is 0 Å². The molecule has 5 nitrogen and oxygen atoms in total. The number of ketones is 1. The third-order valence-corrected chi connectivity index (χ3v) is 7.60. The summed E-state index contributed by atoms with van der Waals surface area (Å²) in [5.41, 5.74) is 3.41. The molecule has 2 heterocycles. The lowest BCUT2D eigenvalue weighted by atomic mass is 9.94. The predicted molar refractivity (Wildman–Crippen MR) is 144 cm³/mol. The van der Waals surface area contributed by atoms with Crippen LogP contribution in [-0.2, 0) is 4.79 Å². The van der Waals surface area contributed by atoms with Crippen LogP contribution >= 0.6 is 34.5 Å². The van der Waals surface area contributed by atoms with Crippen molar-refractivity contribution in [2.75, 3.05) is 4.90 Å². The molecule has 0 radical (unpaired) electrons. The van der Waals surface area contributed by atoms with E-state index in [1.807, 2.05) is 61.5 Å².